The van der Waals surface area contributed by atoms with Crippen LogP contribution >= 0.6 is 0 Å². The molecule has 1 aromatic carbocycles. The second kappa shape index (κ2) is 6.33. The number of hydrogen-bond donors (Lipinski definition) is 2. The number of pyridine rings is 1. The van der Waals surface area contributed by atoms with Crippen LogP contribution in [0.15, 0.2) is 48.7 Å². The van der Waals surface area contributed by atoms with Crippen molar-refractivity contribution in [2.24, 2.45) is 5.73 Å². The summed E-state index contributed by atoms with van der Waals surface area (Å²) in [5.41, 5.74) is 5.34. The highest BCUT2D eigenvalue weighted by molar-refractivity contribution is 5.96. The number of carbonyl (C=O) groups is 2. The van der Waals surface area contributed by atoms with Gasteiger partial charge in [0.15, 0.2) is 0 Å². The summed E-state index contributed by atoms with van der Waals surface area (Å²) in [7, 11) is 0. The van der Waals surface area contributed by atoms with Crippen molar-refractivity contribution < 1.29 is 14.3 Å². The highest BCUT2D eigenvalue weighted by Crippen LogP contribution is 2.19. The van der Waals surface area contributed by atoms with Crippen molar-refractivity contribution in [3.05, 3.63) is 54.2 Å². The molecule has 0 saturated heterocycles. The maximum atomic E-state index is 11.8. The number of rotatable bonds is 5. The molecule has 2 rings (SSSR count). The number of carbonyl (C=O) groups excluding carboxylic acids is 2. The van der Waals surface area contributed by atoms with E-state index in [0.29, 0.717) is 17.2 Å². The Labute approximate surface area is 115 Å². The van der Waals surface area contributed by atoms with Gasteiger partial charge in [-0.3, -0.25) is 9.59 Å². The van der Waals surface area contributed by atoms with E-state index in [9.17, 15) is 9.59 Å². The first-order chi connectivity index (χ1) is 9.65. The molecule has 102 valence electrons. The van der Waals surface area contributed by atoms with Gasteiger partial charge >= 0.3 is 0 Å². The van der Waals surface area contributed by atoms with Gasteiger partial charge in [0, 0.05) is 17.8 Å². The molecule has 0 aliphatic rings. The molecule has 0 bridgehead atoms. The predicted octanol–water partition coefficient (Wildman–Crippen LogP) is 1.09. The molecule has 1 heterocycles. The first-order valence-corrected chi connectivity index (χ1v) is 5.90. The lowest BCUT2D eigenvalue weighted by molar-refractivity contribution is -0.117. The van der Waals surface area contributed by atoms with Gasteiger partial charge in [-0.05, 0) is 24.3 Å². The monoisotopic (exact) mass is 271 g/mol. The van der Waals surface area contributed by atoms with Crippen molar-refractivity contribution in [2.45, 2.75) is 0 Å². The summed E-state index contributed by atoms with van der Waals surface area (Å²) in [4.78, 5) is 26.4. The van der Waals surface area contributed by atoms with Crippen molar-refractivity contribution in [1.29, 1.82) is 0 Å². The third-order valence-corrected chi connectivity index (χ3v) is 2.38. The fourth-order valence-electron chi connectivity index (χ4n) is 1.50. The summed E-state index contributed by atoms with van der Waals surface area (Å²) in [6.45, 7) is -0.204. The zero-order valence-electron chi connectivity index (χ0n) is 10.6. The Morgan fingerprint density at radius 3 is 2.75 bits per heavy atom. The molecule has 0 unspecified atom stereocenters. The fraction of sp³-hybridized carbons (Fsp3) is 0.0714. The maximum Gasteiger partial charge on any atom is 0.251 e. The Morgan fingerprint density at radius 2 is 2.05 bits per heavy atom. The largest absolute Gasteiger partial charge is 0.439 e. The Hall–Kier alpha value is -2.89. The highest BCUT2D eigenvalue weighted by atomic mass is 16.5. The van der Waals surface area contributed by atoms with Crippen LogP contribution in [0.2, 0.25) is 0 Å². The minimum absolute atomic E-state index is 0.204. The molecule has 0 saturated carbocycles. The van der Waals surface area contributed by atoms with Gasteiger partial charge in [0.25, 0.3) is 5.91 Å². The van der Waals surface area contributed by atoms with E-state index in [2.05, 4.69) is 10.3 Å². The molecule has 0 atom stereocenters. The van der Waals surface area contributed by atoms with E-state index in [1.807, 2.05) is 0 Å². The van der Waals surface area contributed by atoms with E-state index in [-0.39, 0.29) is 6.54 Å². The lowest BCUT2D eigenvalue weighted by Gasteiger charge is -2.07. The standard InChI is InChI=1S/C14H13N3O3/c15-12(18)9-17-14(19)10-4-3-5-11(8-10)20-13-6-1-2-7-16-13/h1-8H,9H2,(H2,15,18)(H,17,19). The molecule has 0 aliphatic heterocycles. The Morgan fingerprint density at radius 1 is 1.20 bits per heavy atom. The summed E-state index contributed by atoms with van der Waals surface area (Å²) >= 11 is 0. The zero-order chi connectivity index (χ0) is 14.4. The van der Waals surface area contributed by atoms with Gasteiger partial charge in [-0.1, -0.05) is 12.1 Å². The molecule has 3 N–H and O–H groups in total. The third kappa shape index (κ3) is 3.81. The topological polar surface area (TPSA) is 94.3 Å². The van der Waals surface area contributed by atoms with Crippen LogP contribution in [-0.2, 0) is 4.79 Å². The van der Waals surface area contributed by atoms with Crippen LogP contribution < -0.4 is 15.8 Å². The van der Waals surface area contributed by atoms with Crippen LogP contribution in [-0.4, -0.2) is 23.3 Å². The predicted molar refractivity (Wildman–Crippen MR) is 72.3 cm³/mol. The van der Waals surface area contributed by atoms with E-state index in [1.54, 1.807) is 48.7 Å². The molecule has 0 fully saturated rings. The first-order valence-electron chi connectivity index (χ1n) is 5.90. The fourth-order valence-corrected chi connectivity index (χ4v) is 1.50. The van der Waals surface area contributed by atoms with Crippen molar-refractivity contribution >= 4 is 11.8 Å². The summed E-state index contributed by atoms with van der Waals surface area (Å²) in [6, 6.07) is 11.8. The van der Waals surface area contributed by atoms with Crippen molar-refractivity contribution in [3.63, 3.8) is 0 Å². The van der Waals surface area contributed by atoms with Crippen LogP contribution in [0, 0.1) is 0 Å². The molecule has 6 heteroatoms. The van der Waals surface area contributed by atoms with Crippen LogP contribution in [0.4, 0.5) is 0 Å². The molecule has 0 radical (unpaired) electrons. The van der Waals surface area contributed by atoms with Gasteiger partial charge in [-0.25, -0.2) is 4.98 Å². The SMILES string of the molecule is NC(=O)CNC(=O)c1cccc(Oc2ccccn2)c1. The normalized spacial score (nSPS) is 9.80. The lowest BCUT2D eigenvalue weighted by atomic mass is 10.2. The summed E-state index contributed by atoms with van der Waals surface area (Å²) < 4.78 is 5.51. The number of primary amides is 1. The van der Waals surface area contributed by atoms with Crippen LogP contribution in [0.5, 0.6) is 11.6 Å². The van der Waals surface area contributed by atoms with E-state index in [1.165, 1.54) is 0 Å². The molecule has 2 aromatic rings. The zero-order valence-corrected chi connectivity index (χ0v) is 10.6. The number of nitrogens with two attached hydrogens (primary N) is 1. The van der Waals surface area contributed by atoms with Crippen molar-refractivity contribution in [3.8, 4) is 11.6 Å². The number of nitrogens with one attached hydrogen (secondary N) is 1. The number of benzene rings is 1. The third-order valence-electron chi connectivity index (χ3n) is 2.38. The van der Waals surface area contributed by atoms with Gasteiger partial charge in [0.2, 0.25) is 11.8 Å². The Bertz CT molecular complexity index is 614. The summed E-state index contributed by atoms with van der Waals surface area (Å²) in [6.07, 6.45) is 1.61. The average Bonchev–Trinajstić information content (AvgIpc) is 2.46. The van der Waals surface area contributed by atoms with E-state index < -0.39 is 11.8 Å². The minimum atomic E-state index is -0.598. The molecular formula is C14H13N3O3. The van der Waals surface area contributed by atoms with E-state index >= 15 is 0 Å². The highest BCUT2D eigenvalue weighted by Gasteiger charge is 2.08. The number of aromatic nitrogens is 1. The summed E-state index contributed by atoms with van der Waals surface area (Å²) in [5, 5.41) is 2.40. The van der Waals surface area contributed by atoms with Gasteiger partial charge in [0.05, 0.1) is 6.54 Å². The van der Waals surface area contributed by atoms with E-state index in [0.717, 1.165) is 0 Å². The molecule has 1 aromatic heterocycles. The minimum Gasteiger partial charge on any atom is -0.439 e. The lowest BCUT2D eigenvalue weighted by Crippen LogP contribution is -2.33. The molecule has 0 spiro atoms. The molecule has 2 amide bonds. The molecule has 6 nitrogen and oxygen atoms in total. The van der Waals surface area contributed by atoms with Crippen LogP contribution in [0.1, 0.15) is 10.4 Å². The van der Waals surface area contributed by atoms with Gasteiger partial charge in [-0.2, -0.15) is 0 Å². The van der Waals surface area contributed by atoms with Gasteiger partial charge in [-0.15, -0.1) is 0 Å². The second-order valence-electron chi connectivity index (χ2n) is 3.95. The number of ether oxygens (including phenoxy) is 1. The second-order valence-corrected chi connectivity index (χ2v) is 3.95. The van der Waals surface area contributed by atoms with Crippen LogP contribution in [0.25, 0.3) is 0 Å². The average molecular weight is 271 g/mol. The van der Waals surface area contributed by atoms with Gasteiger partial charge in [0.1, 0.15) is 5.75 Å². The Balaban J connectivity index is 2.08. The number of amides is 2. The number of hydrogen-bond acceptors (Lipinski definition) is 4. The quantitative estimate of drug-likeness (QED) is 0.851. The van der Waals surface area contributed by atoms with Gasteiger partial charge < -0.3 is 15.8 Å². The first kappa shape index (κ1) is 13.5. The molecular weight excluding hydrogens is 258 g/mol. The Kier molecular flexibility index (Phi) is 4.28. The van der Waals surface area contributed by atoms with E-state index in [4.69, 9.17) is 10.5 Å². The maximum absolute atomic E-state index is 11.8. The molecule has 20 heavy (non-hydrogen) atoms. The van der Waals surface area contributed by atoms with Crippen molar-refractivity contribution in [2.75, 3.05) is 6.54 Å². The molecule has 0 aliphatic carbocycles. The smallest absolute Gasteiger partial charge is 0.251 e. The van der Waals surface area contributed by atoms with Crippen molar-refractivity contribution in [1.82, 2.24) is 10.3 Å². The summed E-state index contributed by atoms with van der Waals surface area (Å²) in [5.74, 6) is -0.0767. The number of nitrogens with zero attached hydrogens (tertiary/aromatic N) is 1. The van der Waals surface area contributed by atoms with Crippen LogP contribution in [0.3, 0.4) is 0 Å².